The average Bonchev–Trinajstić information content (AvgIpc) is 3.11. The molecule has 0 fully saturated rings. The van der Waals surface area contributed by atoms with Crippen LogP contribution in [0, 0.1) is 0 Å². The Labute approximate surface area is 154 Å². The molecular weight excluding hydrogens is 346 g/mol. The SMILES string of the molecule is COc1ccc(C(=O)Nc2ccc3oc(-c4cccc(O)c4)nc3c2)nc1. The summed E-state index contributed by atoms with van der Waals surface area (Å²) >= 11 is 0. The van der Waals surface area contributed by atoms with Gasteiger partial charge in [0, 0.05) is 11.3 Å². The molecule has 134 valence electrons. The standard InChI is InChI=1S/C20H15N3O4/c1-26-15-6-7-16(21-11-15)19(25)22-13-5-8-18-17(10-13)23-20(27-18)12-3-2-4-14(24)9-12/h2-11,24H,1H3,(H,22,25). The van der Waals surface area contributed by atoms with E-state index in [2.05, 4.69) is 15.3 Å². The molecule has 7 heteroatoms. The number of oxazole rings is 1. The molecule has 0 aliphatic carbocycles. The van der Waals surface area contributed by atoms with Crippen LogP contribution in [0.4, 0.5) is 5.69 Å². The number of pyridine rings is 1. The maximum atomic E-state index is 12.3. The van der Waals surface area contributed by atoms with Crippen LogP contribution in [0.1, 0.15) is 10.5 Å². The minimum Gasteiger partial charge on any atom is -0.508 e. The molecule has 4 rings (SSSR count). The fourth-order valence-corrected chi connectivity index (χ4v) is 2.60. The number of aromatic hydroxyl groups is 1. The van der Waals surface area contributed by atoms with Gasteiger partial charge in [0.25, 0.3) is 5.91 Å². The molecule has 0 spiro atoms. The smallest absolute Gasteiger partial charge is 0.274 e. The summed E-state index contributed by atoms with van der Waals surface area (Å²) < 4.78 is 10.8. The van der Waals surface area contributed by atoms with Crippen molar-refractivity contribution in [2.45, 2.75) is 0 Å². The molecule has 7 nitrogen and oxygen atoms in total. The van der Waals surface area contributed by atoms with E-state index in [-0.39, 0.29) is 17.4 Å². The first kappa shape index (κ1) is 16.6. The number of rotatable bonds is 4. The zero-order valence-corrected chi connectivity index (χ0v) is 14.3. The first-order valence-electron chi connectivity index (χ1n) is 8.14. The van der Waals surface area contributed by atoms with Gasteiger partial charge in [0.1, 0.15) is 22.7 Å². The molecule has 1 amide bonds. The summed E-state index contributed by atoms with van der Waals surface area (Å²) in [5.41, 5.74) is 2.68. The van der Waals surface area contributed by atoms with Crippen molar-refractivity contribution in [3.63, 3.8) is 0 Å². The first-order chi connectivity index (χ1) is 13.1. The van der Waals surface area contributed by atoms with Crippen molar-refractivity contribution in [2.24, 2.45) is 0 Å². The van der Waals surface area contributed by atoms with Crippen molar-refractivity contribution >= 4 is 22.7 Å². The number of fused-ring (bicyclic) bond motifs is 1. The van der Waals surface area contributed by atoms with Gasteiger partial charge in [-0.3, -0.25) is 4.79 Å². The third-order valence-electron chi connectivity index (χ3n) is 3.94. The maximum absolute atomic E-state index is 12.3. The number of phenols is 1. The Balaban J connectivity index is 1.58. The van der Waals surface area contributed by atoms with Crippen molar-refractivity contribution in [1.82, 2.24) is 9.97 Å². The van der Waals surface area contributed by atoms with Crippen LogP contribution in [0.25, 0.3) is 22.6 Å². The Morgan fingerprint density at radius 1 is 1.15 bits per heavy atom. The fourth-order valence-electron chi connectivity index (χ4n) is 2.60. The number of carbonyl (C=O) groups excluding carboxylic acids is 1. The second-order valence-electron chi connectivity index (χ2n) is 5.79. The van der Waals surface area contributed by atoms with Crippen LogP contribution in [0.2, 0.25) is 0 Å². The molecule has 0 radical (unpaired) electrons. The Kier molecular flexibility index (Phi) is 4.18. The normalized spacial score (nSPS) is 10.7. The van der Waals surface area contributed by atoms with Gasteiger partial charge in [-0.1, -0.05) is 6.07 Å². The predicted octanol–water partition coefficient (Wildman–Crippen LogP) is 3.86. The summed E-state index contributed by atoms with van der Waals surface area (Å²) in [6.45, 7) is 0. The lowest BCUT2D eigenvalue weighted by molar-refractivity contribution is 0.102. The van der Waals surface area contributed by atoms with Crippen LogP contribution >= 0.6 is 0 Å². The molecule has 0 aliphatic heterocycles. The second-order valence-corrected chi connectivity index (χ2v) is 5.79. The van der Waals surface area contributed by atoms with E-state index in [1.165, 1.54) is 13.3 Å². The van der Waals surface area contributed by atoms with Crippen LogP contribution in [-0.2, 0) is 0 Å². The van der Waals surface area contributed by atoms with E-state index in [4.69, 9.17) is 9.15 Å². The molecule has 0 saturated carbocycles. The van der Waals surface area contributed by atoms with Gasteiger partial charge in [-0.25, -0.2) is 9.97 Å². The maximum Gasteiger partial charge on any atom is 0.274 e. The topological polar surface area (TPSA) is 97.5 Å². The van der Waals surface area contributed by atoms with Crippen molar-refractivity contribution < 1.29 is 19.1 Å². The summed E-state index contributed by atoms with van der Waals surface area (Å²) in [4.78, 5) is 20.8. The Hall–Kier alpha value is -3.87. The molecule has 0 saturated heterocycles. The van der Waals surface area contributed by atoms with Crippen LogP contribution in [0.15, 0.2) is 65.2 Å². The highest BCUT2D eigenvalue weighted by Gasteiger charge is 2.12. The third-order valence-corrected chi connectivity index (χ3v) is 3.94. The number of hydrogen-bond donors (Lipinski definition) is 2. The van der Waals surface area contributed by atoms with E-state index in [0.717, 1.165) is 0 Å². The summed E-state index contributed by atoms with van der Waals surface area (Å²) in [6, 6.07) is 15.1. The van der Waals surface area contributed by atoms with Crippen molar-refractivity contribution in [2.75, 3.05) is 12.4 Å². The molecular formula is C20H15N3O4. The molecule has 2 aromatic heterocycles. The number of nitrogens with one attached hydrogen (secondary N) is 1. The Bertz CT molecular complexity index is 1120. The molecule has 4 aromatic rings. The largest absolute Gasteiger partial charge is 0.508 e. The number of phenolic OH excluding ortho intramolecular Hbond substituents is 1. The van der Waals surface area contributed by atoms with Gasteiger partial charge in [0.15, 0.2) is 5.58 Å². The molecule has 0 aliphatic rings. The highest BCUT2D eigenvalue weighted by molar-refractivity contribution is 6.03. The van der Waals surface area contributed by atoms with E-state index < -0.39 is 0 Å². The first-order valence-corrected chi connectivity index (χ1v) is 8.14. The minimum atomic E-state index is -0.339. The van der Waals surface area contributed by atoms with E-state index in [9.17, 15) is 9.90 Å². The minimum absolute atomic E-state index is 0.134. The Morgan fingerprint density at radius 3 is 2.78 bits per heavy atom. The Morgan fingerprint density at radius 2 is 2.04 bits per heavy atom. The van der Waals surface area contributed by atoms with E-state index in [1.54, 1.807) is 54.6 Å². The predicted molar refractivity (Wildman–Crippen MR) is 99.9 cm³/mol. The molecule has 2 N–H and O–H groups in total. The number of carbonyl (C=O) groups is 1. The van der Waals surface area contributed by atoms with E-state index in [1.807, 2.05) is 0 Å². The van der Waals surface area contributed by atoms with Crippen LogP contribution < -0.4 is 10.1 Å². The monoisotopic (exact) mass is 361 g/mol. The van der Waals surface area contributed by atoms with Gasteiger partial charge in [-0.2, -0.15) is 0 Å². The summed E-state index contributed by atoms with van der Waals surface area (Å²) in [5, 5.41) is 12.4. The number of nitrogens with zero attached hydrogens (tertiary/aromatic N) is 2. The lowest BCUT2D eigenvalue weighted by atomic mass is 10.2. The fraction of sp³-hybridized carbons (Fsp3) is 0.0500. The zero-order chi connectivity index (χ0) is 18.8. The number of aromatic nitrogens is 2. The molecule has 2 heterocycles. The summed E-state index contributed by atoms with van der Waals surface area (Å²) in [6.07, 6.45) is 1.48. The number of ether oxygens (including phenoxy) is 1. The lowest BCUT2D eigenvalue weighted by Crippen LogP contribution is -2.13. The second kappa shape index (κ2) is 6.80. The van der Waals surface area contributed by atoms with Crippen molar-refractivity contribution in [3.8, 4) is 23.0 Å². The van der Waals surface area contributed by atoms with Gasteiger partial charge in [-0.05, 0) is 48.5 Å². The quantitative estimate of drug-likeness (QED) is 0.573. The van der Waals surface area contributed by atoms with Crippen LogP contribution in [0.3, 0.4) is 0 Å². The third kappa shape index (κ3) is 3.43. The summed E-state index contributed by atoms with van der Waals surface area (Å²) in [5.74, 6) is 0.764. The number of anilines is 1. The van der Waals surface area contributed by atoms with E-state index >= 15 is 0 Å². The van der Waals surface area contributed by atoms with Crippen LogP contribution in [0.5, 0.6) is 11.5 Å². The van der Waals surface area contributed by atoms with Crippen LogP contribution in [-0.4, -0.2) is 28.1 Å². The molecule has 0 bridgehead atoms. The number of amides is 1. The molecule has 0 atom stereocenters. The van der Waals surface area contributed by atoms with Gasteiger partial charge in [0.2, 0.25) is 5.89 Å². The molecule has 0 unspecified atom stereocenters. The number of hydrogen-bond acceptors (Lipinski definition) is 6. The van der Waals surface area contributed by atoms with Gasteiger partial charge < -0.3 is 19.6 Å². The number of methoxy groups -OCH3 is 1. The van der Waals surface area contributed by atoms with Gasteiger partial charge in [0.05, 0.1) is 13.3 Å². The average molecular weight is 361 g/mol. The van der Waals surface area contributed by atoms with Gasteiger partial charge >= 0.3 is 0 Å². The van der Waals surface area contributed by atoms with E-state index in [0.29, 0.717) is 34.0 Å². The van der Waals surface area contributed by atoms with Gasteiger partial charge in [-0.15, -0.1) is 0 Å². The zero-order valence-electron chi connectivity index (χ0n) is 14.3. The molecule has 27 heavy (non-hydrogen) atoms. The van der Waals surface area contributed by atoms with Crippen molar-refractivity contribution in [1.29, 1.82) is 0 Å². The number of benzene rings is 2. The lowest BCUT2D eigenvalue weighted by Gasteiger charge is -2.05. The summed E-state index contributed by atoms with van der Waals surface area (Å²) in [7, 11) is 1.54. The molecule has 2 aromatic carbocycles. The van der Waals surface area contributed by atoms with Crippen molar-refractivity contribution in [3.05, 3.63) is 66.5 Å². The highest BCUT2D eigenvalue weighted by atomic mass is 16.5. The highest BCUT2D eigenvalue weighted by Crippen LogP contribution is 2.28.